The number of alkyl halides is 3. The summed E-state index contributed by atoms with van der Waals surface area (Å²) in [6.45, 7) is 3.49. The van der Waals surface area contributed by atoms with E-state index in [0.717, 1.165) is 6.07 Å². The van der Waals surface area contributed by atoms with Crippen molar-refractivity contribution < 1.29 is 35.9 Å². The molecular formula is C24H21F6N5O3. The zero-order valence-electron chi connectivity index (χ0n) is 20.0. The lowest BCUT2D eigenvalue weighted by atomic mass is 10.0. The topological polar surface area (TPSA) is 96.3 Å². The molecule has 4 rings (SSSR count). The van der Waals surface area contributed by atoms with E-state index in [1.807, 2.05) is 0 Å². The highest BCUT2D eigenvalue weighted by Gasteiger charge is 2.41. The summed E-state index contributed by atoms with van der Waals surface area (Å²) in [5.74, 6) is -6.02. The fourth-order valence-corrected chi connectivity index (χ4v) is 4.11. The van der Waals surface area contributed by atoms with Gasteiger partial charge >= 0.3 is 12.2 Å². The Morgan fingerprint density at radius 2 is 1.79 bits per heavy atom. The molecule has 0 bridgehead atoms. The molecule has 1 aliphatic rings. The number of nitrogens with one attached hydrogen (secondary N) is 2. The van der Waals surface area contributed by atoms with E-state index in [1.165, 1.54) is 24.8 Å². The molecule has 1 aromatic carbocycles. The van der Waals surface area contributed by atoms with E-state index in [9.17, 15) is 40.7 Å². The number of carbonyl (C=O) groups is 2. The van der Waals surface area contributed by atoms with Gasteiger partial charge in [0.25, 0.3) is 5.91 Å². The average Bonchev–Trinajstić information content (AvgIpc) is 3.24. The number of benzene rings is 1. The first kappa shape index (κ1) is 26.9. The SMILES string of the molecule is CC(C)CC(NC(=O)c1cn(-c2c(F)cc(F)cc2F)c2nc(N3CCNC3=O)ccc2c1=O)C(F)(F)F. The highest BCUT2D eigenvalue weighted by atomic mass is 19.4. The molecule has 2 aromatic heterocycles. The lowest BCUT2D eigenvalue weighted by molar-refractivity contribution is -0.156. The molecule has 3 heterocycles. The van der Waals surface area contributed by atoms with Crippen LogP contribution in [0.3, 0.4) is 0 Å². The molecular weight excluding hydrogens is 520 g/mol. The Morgan fingerprint density at radius 1 is 1.13 bits per heavy atom. The van der Waals surface area contributed by atoms with Crippen molar-refractivity contribution in [3.63, 3.8) is 0 Å². The summed E-state index contributed by atoms with van der Waals surface area (Å²) < 4.78 is 84.5. The summed E-state index contributed by atoms with van der Waals surface area (Å²) >= 11 is 0. The monoisotopic (exact) mass is 541 g/mol. The van der Waals surface area contributed by atoms with Crippen LogP contribution >= 0.6 is 0 Å². The number of anilines is 1. The maximum atomic E-state index is 14.8. The molecule has 3 aromatic rings. The zero-order chi connectivity index (χ0) is 27.9. The normalized spacial score (nSPS) is 14.8. The highest BCUT2D eigenvalue weighted by molar-refractivity contribution is 5.98. The molecule has 1 saturated heterocycles. The Bertz CT molecular complexity index is 1460. The Balaban J connectivity index is 1.94. The van der Waals surface area contributed by atoms with Gasteiger partial charge in [-0.25, -0.2) is 22.9 Å². The molecule has 1 unspecified atom stereocenters. The molecule has 1 fully saturated rings. The van der Waals surface area contributed by atoms with Crippen molar-refractivity contribution in [2.45, 2.75) is 32.5 Å². The van der Waals surface area contributed by atoms with Crippen molar-refractivity contribution >= 4 is 28.8 Å². The molecule has 3 amide bonds. The van der Waals surface area contributed by atoms with Crippen molar-refractivity contribution in [2.24, 2.45) is 5.92 Å². The standard InChI is InChI=1S/C24H21F6N5O3/c1-11(2)7-17(24(28,29)30)32-22(37)14-10-35(19-15(26)8-12(25)9-16(19)27)21-13(20(14)36)3-4-18(33-21)34-6-5-31-23(34)38/h3-4,8-11,17H,5-7H2,1-2H3,(H,31,38)(H,32,37). The summed E-state index contributed by atoms with van der Waals surface area (Å²) in [5.41, 5.74) is -3.27. The van der Waals surface area contributed by atoms with Crippen LogP contribution in [0.5, 0.6) is 0 Å². The maximum absolute atomic E-state index is 14.8. The van der Waals surface area contributed by atoms with E-state index in [0.29, 0.717) is 22.9 Å². The van der Waals surface area contributed by atoms with Crippen molar-refractivity contribution in [3.05, 3.63) is 63.7 Å². The van der Waals surface area contributed by atoms with Crippen LogP contribution in [0.1, 0.15) is 30.6 Å². The van der Waals surface area contributed by atoms with Gasteiger partial charge in [0.05, 0.1) is 5.39 Å². The van der Waals surface area contributed by atoms with Gasteiger partial charge in [-0.1, -0.05) is 13.8 Å². The smallest absolute Gasteiger partial charge is 0.340 e. The second kappa shape index (κ2) is 9.99. The third kappa shape index (κ3) is 5.15. The molecule has 0 aliphatic carbocycles. The van der Waals surface area contributed by atoms with Gasteiger partial charge in [-0.05, 0) is 24.5 Å². The van der Waals surface area contributed by atoms with Gasteiger partial charge in [-0.15, -0.1) is 0 Å². The van der Waals surface area contributed by atoms with E-state index in [-0.39, 0.29) is 24.3 Å². The van der Waals surface area contributed by atoms with E-state index in [2.05, 4.69) is 10.3 Å². The van der Waals surface area contributed by atoms with Gasteiger partial charge in [0.15, 0.2) is 17.3 Å². The number of fused-ring (bicyclic) bond motifs is 1. The van der Waals surface area contributed by atoms with Gasteiger partial charge in [0.2, 0.25) is 5.43 Å². The van der Waals surface area contributed by atoms with Crippen LogP contribution in [0.25, 0.3) is 16.7 Å². The van der Waals surface area contributed by atoms with Crippen LogP contribution in [0, 0.1) is 23.4 Å². The van der Waals surface area contributed by atoms with E-state index in [1.54, 1.807) is 5.32 Å². The van der Waals surface area contributed by atoms with Crippen molar-refractivity contribution in [1.82, 2.24) is 20.2 Å². The molecule has 14 heteroatoms. The summed E-state index contributed by atoms with van der Waals surface area (Å²) in [6, 6.07) is 0.254. The van der Waals surface area contributed by atoms with Gasteiger partial charge in [-0.2, -0.15) is 13.2 Å². The molecule has 202 valence electrons. The van der Waals surface area contributed by atoms with Crippen LogP contribution in [-0.2, 0) is 0 Å². The molecule has 2 N–H and O–H groups in total. The van der Waals surface area contributed by atoms with Crippen molar-refractivity contribution in [2.75, 3.05) is 18.0 Å². The predicted octanol–water partition coefficient (Wildman–Crippen LogP) is 4.04. The number of pyridine rings is 2. The first-order chi connectivity index (χ1) is 17.8. The zero-order valence-corrected chi connectivity index (χ0v) is 20.0. The van der Waals surface area contributed by atoms with Gasteiger partial charge in [-0.3, -0.25) is 19.1 Å². The molecule has 1 aliphatic heterocycles. The number of nitrogens with zero attached hydrogens (tertiary/aromatic N) is 3. The fraction of sp³-hybridized carbons (Fsp3) is 0.333. The van der Waals surface area contributed by atoms with E-state index in [4.69, 9.17) is 0 Å². The third-order valence-electron chi connectivity index (χ3n) is 5.84. The minimum atomic E-state index is -4.84. The number of aromatic nitrogens is 2. The number of urea groups is 1. The summed E-state index contributed by atoms with van der Waals surface area (Å²) in [4.78, 5) is 43.6. The Labute approximate surface area is 211 Å². The van der Waals surface area contributed by atoms with Crippen molar-refractivity contribution in [3.8, 4) is 5.69 Å². The summed E-state index contributed by atoms with van der Waals surface area (Å²) in [6.07, 6.45) is -4.68. The number of halogens is 6. The average molecular weight is 541 g/mol. The lowest BCUT2D eigenvalue weighted by Crippen LogP contribution is -2.47. The van der Waals surface area contributed by atoms with Gasteiger partial charge in [0, 0.05) is 31.4 Å². The van der Waals surface area contributed by atoms with E-state index >= 15 is 0 Å². The summed E-state index contributed by atoms with van der Waals surface area (Å²) in [7, 11) is 0. The molecule has 0 radical (unpaired) electrons. The number of amides is 3. The third-order valence-corrected chi connectivity index (χ3v) is 5.84. The number of rotatable bonds is 6. The molecule has 1 atom stereocenters. The quantitative estimate of drug-likeness (QED) is 0.461. The Kier molecular flexibility index (Phi) is 7.08. The Hall–Kier alpha value is -4.10. The van der Waals surface area contributed by atoms with Gasteiger partial charge in [0.1, 0.15) is 28.9 Å². The number of hydrogen-bond acceptors (Lipinski definition) is 4. The van der Waals surface area contributed by atoms with Crippen LogP contribution in [-0.4, -0.2) is 46.8 Å². The number of carbonyl (C=O) groups excluding carboxylic acids is 2. The van der Waals surface area contributed by atoms with Crippen molar-refractivity contribution in [1.29, 1.82) is 0 Å². The molecule has 38 heavy (non-hydrogen) atoms. The van der Waals surface area contributed by atoms with E-state index < -0.39 is 76.3 Å². The fourth-order valence-electron chi connectivity index (χ4n) is 4.11. The number of hydrogen-bond donors (Lipinski definition) is 2. The molecule has 8 nitrogen and oxygen atoms in total. The Morgan fingerprint density at radius 3 is 2.34 bits per heavy atom. The second-order valence-corrected chi connectivity index (χ2v) is 9.08. The predicted molar refractivity (Wildman–Crippen MR) is 125 cm³/mol. The molecule has 0 spiro atoms. The highest BCUT2D eigenvalue weighted by Crippen LogP contribution is 2.27. The van der Waals surface area contributed by atoms with Gasteiger partial charge < -0.3 is 10.6 Å². The van der Waals surface area contributed by atoms with Crippen LogP contribution in [0.4, 0.5) is 37.0 Å². The largest absolute Gasteiger partial charge is 0.408 e. The minimum Gasteiger partial charge on any atom is -0.340 e. The first-order valence-electron chi connectivity index (χ1n) is 11.4. The second-order valence-electron chi connectivity index (χ2n) is 9.08. The van der Waals surface area contributed by atoms with Crippen LogP contribution < -0.4 is 21.0 Å². The molecule has 0 saturated carbocycles. The minimum absolute atomic E-state index is 0.00477. The summed E-state index contributed by atoms with van der Waals surface area (Å²) in [5, 5.41) is 3.94. The van der Waals surface area contributed by atoms with Crippen LogP contribution in [0.15, 0.2) is 35.3 Å². The first-order valence-corrected chi connectivity index (χ1v) is 11.4. The maximum Gasteiger partial charge on any atom is 0.408 e. The van der Waals surface area contributed by atoms with Crippen LogP contribution in [0.2, 0.25) is 0 Å². The lowest BCUT2D eigenvalue weighted by Gasteiger charge is -2.23.